The van der Waals surface area contributed by atoms with Gasteiger partial charge in [0.05, 0.1) is 11.2 Å². The zero-order valence-electron chi connectivity index (χ0n) is 17.7. The number of piperidine rings is 1. The number of alkyl halides is 1. The molecule has 3 fully saturated rings. The molecule has 3 aliphatic rings. The summed E-state index contributed by atoms with van der Waals surface area (Å²) >= 11 is 5.70. The molecule has 0 radical (unpaired) electrons. The third-order valence-electron chi connectivity index (χ3n) is 6.68. The Morgan fingerprint density at radius 3 is 2.10 bits per heavy atom. The first kappa shape index (κ1) is 20.9. The van der Waals surface area contributed by atoms with Crippen molar-refractivity contribution in [2.75, 3.05) is 23.9 Å². The molecule has 1 saturated carbocycles. The summed E-state index contributed by atoms with van der Waals surface area (Å²) in [4.78, 5) is 25.4. The normalized spacial score (nSPS) is 24.0. The van der Waals surface area contributed by atoms with Crippen molar-refractivity contribution in [2.24, 2.45) is 0 Å². The van der Waals surface area contributed by atoms with E-state index >= 15 is 0 Å². The van der Waals surface area contributed by atoms with Crippen molar-refractivity contribution in [3.05, 3.63) is 12.4 Å². The van der Waals surface area contributed by atoms with Gasteiger partial charge in [0, 0.05) is 43.0 Å². The topological polar surface area (TPSA) is 67.8 Å². The van der Waals surface area contributed by atoms with Gasteiger partial charge in [0.2, 0.25) is 11.9 Å². The summed E-state index contributed by atoms with van der Waals surface area (Å²) in [5, 5.41) is 0. The van der Waals surface area contributed by atoms with Crippen molar-refractivity contribution < 1.29 is 14.1 Å². The van der Waals surface area contributed by atoms with Crippen LogP contribution in [0.25, 0.3) is 0 Å². The molecule has 1 aliphatic carbocycles. The Kier molecular flexibility index (Phi) is 5.55. The fourth-order valence-electron chi connectivity index (χ4n) is 4.02. The molecule has 9 heteroatoms. The minimum absolute atomic E-state index is 0.0195. The Labute approximate surface area is 178 Å². The molecule has 158 valence electrons. The molecule has 4 rings (SSSR count). The first-order valence-electron chi connectivity index (χ1n) is 10.5. The molecule has 0 bridgehead atoms. The molecule has 1 aromatic rings. The van der Waals surface area contributed by atoms with Crippen LogP contribution in [0.1, 0.15) is 53.4 Å². The van der Waals surface area contributed by atoms with Crippen LogP contribution in [0.3, 0.4) is 0 Å². The molecule has 2 saturated heterocycles. The number of anilines is 1. The molecule has 0 spiro atoms. The van der Waals surface area contributed by atoms with Gasteiger partial charge in [0.25, 0.3) is 0 Å². The number of halogens is 1. The predicted molar refractivity (Wildman–Crippen MR) is 114 cm³/mol. The lowest BCUT2D eigenvalue weighted by Crippen LogP contribution is -2.48. The molecule has 1 aromatic heterocycles. The molecule has 0 N–H and O–H groups in total. The molecule has 7 nitrogen and oxygen atoms in total. The second-order valence-corrected chi connectivity index (χ2v) is 9.56. The van der Waals surface area contributed by atoms with Crippen LogP contribution < -0.4 is 10.4 Å². The van der Waals surface area contributed by atoms with Crippen molar-refractivity contribution >= 4 is 36.0 Å². The smallest absolute Gasteiger partial charge is 0.399 e. The second-order valence-electron chi connectivity index (χ2n) is 9.29. The summed E-state index contributed by atoms with van der Waals surface area (Å²) in [7, 11) is -0.451. The van der Waals surface area contributed by atoms with E-state index in [4.69, 9.17) is 20.9 Å². The monoisotopic (exact) mass is 420 g/mol. The second kappa shape index (κ2) is 7.71. The van der Waals surface area contributed by atoms with Crippen LogP contribution in [0, 0.1) is 0 Å². The number of likely N-dealkylation sites (tertiary alicyclic amines) is 1. The summed E-state index contributed by atoms with van der Waals surface area (Å²) in [5.41, 5.74) is 0.0704. The number of amides is 1. The summed E-state index contributed by atoms with van der Waals surface area (Å²) in [6.45, 7) is 9.64. The van der Waals surface area contributed by atoms with Crippen LogP contribution in [-0.2, 0) is 14.1 Å². The standard InChI is InChI=1S/C20H30BClN4O3/c1-19(2)20(3,4)29-21(28-19)14-12-23-18(24-13-14)26(15-5-6-15)16-7-9-25(10-8-16)17(27)11-22/h12-13,15-16H,5-11H2,1-4H3. The van der Waals surface area contributed by atoms with Crippen LogP contribution in [-0.4, -0.2) is 70.1 Å². The molecular weight excluding hydrogens is 391 g/mol. The van der Waals surface area contributed by atoms with Crippen LogP contribution in [0.5, 0.6) is 0 Å². The highest BCUT2D eigenvalue weighted by Crippen LogP contribution is 2.37. The average molecular weight is 421 g/mol. The van der Waals surface area contributed by atoms with E-state index in [9.17, 15) is 4.79 Å². The number of nitrogens with zero attached hydrogens (tertiary/aromatic N) is 4. The third-order valence-corrected chi connectivity index (χ3v) is 6.91. The van der Waals surface area contributed by atoms with E-state index in [1.165, 1.54) is 12.8 Å². The van der Waals surface area contributed by atoms with E-state index in [2.05, 4.69) is 14.9 Å². The number of carbonyl (C=O) groups is 1. The Bertz CT molecular complexity index is 733. The Hall–Kier alpha value is -1.38. The minimum Gasteiger partial charge on any atom is -0.399 e. The zero-order chi connectivity index (χ0) is 20.8. The SMILES string of the molecule is CC1(C)OB(c2cnc(N(C3CC3)C3CCN(C(=O)CCl)CC3)nc2)OC1(C)C. The van der Waals surface area contributed by atoms with Gasteiger partial charge in [0.15, 0.2) is 0 Å². The zero-order valence-corrected chi connectivity index (χ0v) is 18.5. The van der Waals surface area contributed by atoms with Crippen LogP contribution in [0.15, 0.2) is 12.4 Å². The highest BCUT2D eigenvalue weighted by Gasteiger charge is 2.52. The van der Waals surface area contributed by atoms with Crippen LogP contribution in [0.4, 0.5) is 5.95 Å². The summed E-state index contributed by atoms with van der Waals surface area (Å²) in [6.07, 6.45) is 7.83. The van der Waals surface area contributed by atoms with Crippen LogP contribution in [0.2, 0.25) is 0 Å². The van der Waals surface area contributed by atoms with Gasteiger partial charge in [-0.25, -0.2) is 9.97 Å². The Morgan fingerprint density at radius 2 is 1.62 bits per heavy atom. The van der Waals surface area contributed by atoms with Gasteiger partial charge in [0.1, 0.15) is 5.88 Å². The quantitative estimate of drug-likeness (QED) is 0.536. The summed E-state index contributed by atoms with van der Waals surface area (Å²) in [5.74, 6) is 0.835. The van der Waals surface area contributed by atoms with Gasteiger partial charge < -0.3 is 19.1 Å². The number of hydrogen-bond acceptors (Lipinski definition) is 6. The molecule has 1 amide bonds. The third kappa shape index (κ3) is 4.12. The highest BCUT2D eigenvalue weighted by atomic mass is 35.5. The number of aromatic nitrogens is 2. The summed E-state index contributed by atoms with van der Waals surface area (Å²) < 4.78 is 12.2. The van der Waals surface area contributed by atoms with E-state index < -0.39 is 7.12 Å². The number of rotatable bonds is 5. The number of hydrogen-bond donors (Lipinski definition) is 0. The molecule has 0 atom stereocenters. The van der Waals surface area contributed by atoms with Crippen molar-refractivity contribution in [3.8, 4) is 0 Å². The highest BCUT2D eigenvalue weighted by molar-refractivity contribution is 6.61. The van der Waals surface area contributed by atoms with Gasteiger partial charge >= 0.3 is 7.12 Å². The first-order valence-corrected chi connectivity index (χ1v) is 11.0. The van der Waals surface area contributed by atoms with Crippen molar-refractivity contribution in [2.45, 2.75) is 76.7 Å². The lowest BCUT2D eigenvalue weighted by Gasteiger charge is -2.38. The fourth-order valence-corrected chi connectivity index (χ4v) is 4.19. The van der Waals surface area contributed by atoms with E-state index in [1.807, 2.05) is 45.0 Å². The van der Waals surface area contributed by atoms with E-state index in [1.54, 1.807) is 0 Å². The van der Waals surface area contributed by atoms with E-state index in [-0.39, 0.29) is 23.0 Å². The van der Waals surface area contributed by atoms with Crippen LogP contribution >= 0.6 is 11.6 Å². The molecular formula is C20H30BClN4O3. The van der Waals surface area contributed by atoms with Gasteiger partial charge in [-0.1, -0.05) is 0 Å². The molecule has 0 unspecified atom stereocenters. The summed E-state index contributed by atoms with van der Waals surface area (Å²) in [6, 6.07) is 0.850. The fraction of sp³-hybridized carbons (Fsp3) is 0.750. The minimum atomic E-state index is -0.451. The van der Waals surface area contributed by atoms with E-state index in [0.717, 1.165) is 37.3 Å². The number of carbonyl (C=O) groups excluding carboxylic acids is 1. The average Bonchev–Trinajstić information content (AvgIpc) is 3.49. The van der Waals surface area contributed by atoms with Crippen molar-refractivity contribution in [3.63, 3.8) is 0 Å². The largest absolute Gasteiger partial charge is 0.498 e. The maximum Gasteiger partial charge on any atom is 0.498 e. The molecule has 29 heavy (non-hydrogen) atoms. The van der Waals surface area contributed by atoms with Gasteiger partial charge in [-0.2, -0.15) is 0 Å². The van der Waals surface area contributed by atoms with Crippen molar-refractivity contribution in [1.29, 1.82) is 0 Å². The maximum atomic E-state index is 11.8. The Morgan fingerprint density at radius 1 is 1.10 bits per heavy atom. The van der Waals surface area contributed by atoms with Crippen molar-refractivity contribution in [1.82, 2.24) is 14.9 Å². The van der Waals surface area contributed by atoms with Gasteiger partial charge in [-0.3, -0.25) is 4.79 Å². The first-order chi connectivity index (χ1) is 13.7. The Balaban J connectivity index is 1.45. The molecule has 2 aliphatic heterocycles. The lowest BCUT2D eigenvalue weighted by atomic mass is 9.81. The lowest BCUT2D eigenvalue weighted by molar-refractivity contribution is -0.129. The predicted octanol–water partition coefficient (Wildman–Crippen LogP) is 1.97. The molecule has 0 aromatic carbocycles. The molecule has 3 heterocycles. The van der Waals surface area contributed by atoms with E-state index in [0.29, 0.717) is 12.1 Å². The van der Waals surface area contributed by atoms with Gasteiger partial charge in [-0.15, -0.1) is 11.6 Å². The maximum absolute atomic E-state index is 11.8. The van der Waals surface area contributed by atoms with Gasteiger partial charge in [-0.05, 0) is 53.4 Å².